The van der Waals surface area contributed by atoms with Crippen molar-refractivity contribution in [3.05, 3.63) is 54.7 Å². The van der Waals surface area contributed by atoms with Crippen LogP contribution in [0.1, 0.15) is 19.0 Å². The van der Waals surface area contributed by atoms with Crippen molar-refractivity contribution in [1.29, 1.82) is 0 Å². The van der Waals surface area contributed by atoms with E-state index in [0.717, 1.165) is 12.1 Å². The molecular formula is C19H20N6O2. The maximum atomic E-state index is 12.1. The zero-order valence-electron chi connectivity index (χ0n) is 15.1. The van der Waals surface area contributed by atoms with Crippen molar-refractivity contribution in [2.75, 3.05) is 17.2 Å². The molecule has 0 aromatic carbocycles. The highest BCUT2D eigenvalue weighted by Gasteiger charge is 2.08. The Hall–Kier alpha value is -3.55. The second kappa shape index (κ2) is 8.70. The molecule has 0 unspecified atom stereocenters. The fourth-order valence-corrected chi connectivity index (χ4v) is 2.21. The smallest absolute Gasteiger partial charge is 0.324 e. The summed E-state index contributed by atoms with van der Waals surface area (Å²) in [5.41, 5.74) is 2.65. The quantitative estimate of drug-likeness (QED) is 0.692. The van der Waals surface area contributed by atoms with Crippen LogP contribution in [-0.2, 0) is 0 Å². The average molecular weight is 364 g/mol. The van der Waals surface area contributed by atoms with Gasteiger partial charge in [-0.05, 0) is 37.6 Å². The molecule has 0 fully saturated rings. The second-order valence-electron chi connectivity index (χ2n) is 5.78. The molecule has 27 heavy (non-hydrogen) atoms. The molecule has 8 heteroatoms. The summed E-state index contributed by atoms with van der Waals surface area (Å²) in [6.07, 6.45) is 7.21. The number of carbonyl (C=O) groups is 1. The summed E-state index contributed by atoms with van der Waals surface area (Å²) >= 11 is 0. The van der Waals surface area contributed by atoms with E-state index in [-0.39, 0.29) is 0 Å². The molecule has 0 aliphatic heterocycles. The molecule has 3 aromatic heterocycles. The highest BCUT2D eigenvalue weighted by Crippen LogP contribution is 2.18. The molecule has 0 saturated carbocycles. The van der Waals surface area contributed by atoms with Gasteiger partial charge in [0.2, 0.25) is 0 Å². The van der Waals surface area contributed by atoms with E-state index in [2.05, 4.69) is 30.6 Å². The Morgan fingerprint density at radius 3 is 2.59 bits per heavy atom. The average Bonchev–Trinajstić information content (AvgIpc) is 2.69. The normalized spacial score (nSPS) is 10.3. The maximum Gasteiger partial charge on any atom is 0.324 e. The van der Waals surface area contributed by atoms with Crippen LogP contribution in [0, 0.1) is 6.92 Å². The highest BCUT2D eigenvalue weighted by molar-refractivity contribution is 5.99. The molecule has 0 saturated heterocycles. The molecule has 0 spiro atoms. The van der Waals surface area contributed by atoms with Crippen LogP contribution in [0.25, 0.3) is 11.4 Å². The fraction of sp³-hybridized carbons (Fsp3) is 0.211. The summed E-state index contributed by atoms with van der Waals surface area (Å²) in [6.45, 7) is 4.56. The molecule has 0 aliphatic rings. The first-order chi connectivity index (χ1) is 13.1. The Balaban J connectivity index is 1.66. The zero-order valence-corrected chi connectivity index (χ0v) is 15.1. The number of aromatic nitrogens is 4. The van der Waals surface area contributed by atoms with Crippen molar-refractivity contribution in [3.63, 3.8) is 0 Å². The Kier molecular flexibility index (Phi) is 5.88. The Morgan fingerprint density at radius 2 is 1.89 bits per heavy atom. The van der Waals surface area contributed by atoms with Crippen molar-refractivity contribution in [3.8, 4) is 17.1 Å². The monoisotopic (exact) mass is 364 g/mol. The Labute approximate surface area is 157 Å². The van der Waals surface area contributed by atoms with Crippen LogP contribution in [0.2, 0.25) is 0 Å². The van der Waals surface area contributed by atoms with Gasteiger partial charge in [0.15, 0.2) is 5.82 Å². The number of aryl methyl sites for hydroxylation is 1. The molecule has 3 heterocycles. The summed E-state index contributed by atoms with van der Waals surface area (Å²) in [4.78, 5) is 29.1. The van der Waals surface area contributed by atoms with E-state index in [4.69, 9.17) is 4.74 Å². The SMILES string of the molecule is CCCOc1ccc(-c2cncc(NC(=O)Nc3ccc(C)nc3)n2)nc1. The van der Waals surface area contributed by atoms with Gasteiger partial charge >= 0.3 is 6.03 Å². The van der Waals surface area contributed by atoms with Crippen LogP contribution in [0.4, 0.5) is 16.3 Å². The van der Waals surface area contributed by atoms with Gasteiger partial charge in [0.05, 0.1) is 42.8 Å². The zero-order chi connectivity index (χ0) is 19.1. The predicted molar refractivity (Wildman–Crippen MR) is 103 cm³/mol. The van der Waals surface area contributed by atoms with Gasteiger partial charge < -0.3 is 10.1 Å². The van der Waals surface area contributed by atoms with E-state index in [1.807, 2.05) is 26.0 Å². The molecule has 3 aromatic rings. The number of nitrogens with zero attached hydrogens (tertiary/aromatic N) is 4. The minimum absolute atomic E-state index is 0.318. The molecule has 8 nitrogen and oxygen atoms in total. The number of ether oxygens (including phenoxy) is 1. The van der Waals surface area contributed by atoms with E-state index < -0.39 is 6.03 Å². The third-order valence-corrected chi connectivity index (χ3v) is 3.52. The van der Waals surface area contributed by atoms with Gasteiger partial charge in [0.1, 0.15) is 11.4 Å². The van der Waals surface area contributed by atoms with Gasteiger partial charge in [-0.2, -0.15) is 0 Å². The highest BCUT2D eigenvalue weighted by atomic mass is 16.5. The van der Waals surface area contributed by atoms with Gasteiger partial charge in [-0.15, -0.1) is 0 Å². The van der Waals surface area contributed by atoms with Crippen LogP contribution < -0.4 is 15.4 Å². The van der Waals surface area contributed by atoms with E-state index in [1.165, 1.54) is 6.20 Å². The van der Waals surface area contributed by atoms with Crippen LogP contribution >= 0.6 is 0 Å². The maximum absolute atomic E-state index is 12.1. The lowest BCUT2D eigenvalue weighted by Gasteiger charge is -2.08. The van der Waals surface area contributed by atoms with Crippen LogP contribution in [0.3, 0.4) is 0 Å². The van der Waals surface area contributed by atoms with Gasteiger partial charge in [-0.3, -0.25) is 20.3 Å². The first kappa shape index (κ1) is 18.2. The number of amides is 2. The number of hydrogen-bond acceptors (Lipinski definition) is 6. The summed E-state index contributed by atoms with van der Waals surface area (Å²) in [7, 11) is 0. The molecule has 0 bridgehead atoms. The van der Waals surface area contributed by atoms with Crippen molar-refractivity contribution in [1.82, 2.24) is 19.9 Å². The van der Waals surface area contributed by atoms with Gasteiger partial charge in [-0.1, -0.05) is 6.92 Å². The van der Waals surface area contributed by atoms with Crippen LogP contribution in [0.15, 0.2) is 49.1 Å². The fourth-order valence-electron chi connectivity index (χ4n) is 2.21. The van der Waals surface area contributed by atoms with E-state index in [0.29, 0.717) is 35.2 Å². The van der Waals surface area contributed by atoms with Crippen molar-refractivity contribution in [2.24, 2.45) is 0 Å². The van der Waals surface area contributed by atoms with Crippen molar-refractivity contribution in [2.45, 2.75) is 20.3 Å². The molecule has 0 atom stereocenters. The number of hydrogen-bond donors (Lipinski definition) is 2. The lowest BCUT2D eigenvalue weighted by atomic mass is 10.3. The molecule has 0 radical (unpaired) electrons. The van der Waals surface area contributed by atoms with Gasteiger partial charge in [-0.25, -0.2) is 9.78 Å². The predicted octanol–water partition coefficient (Wildman–Crippen LogP) is 3.67. The third-order valence-electron chi connectivity index (χ3n) is 3.52. The summed E-state index contributed by atoms with van der Waals surface area (Å²) in [5.74, 6) is 1.02. The topological polar surface area (TPSA) is 102 Å². The second-order valence-corrected chi connectivity index (χ2v) is 5.78. The van der Waals surface area contributed by atoms with Crippen molar-refractivity contribution < 1.29 is 9.53 Å². The van der Waals surface area contributed by atoms with Gasteiger partial charge in [0.25, 0.3) is 0 Å². The standard InChI is InChI=1S/C19H20N6O2/c1-3-8-27-15-6-7-16(22-10-15)17-11-20-12-18(24-17)25-19(26)23-14-5-4-13(2)21-9-14/h4-7,9-12H,3,8H2,1-2H3,(H2,23,24,25,26). The molecule has 2 amide bonds. The number of urea groups is 1. The molecule has 2 N–H and O–H groups in total. The minimum atomic E-state index is -0.427. The first-order valence-electron chi connectivity index (χ1n) is 8.56. The first-order valence-corrected chi connectivity index (χ1v) is 8.56. The number of anilines is 2. The number of rotatable bonds is 6. The summed E-state index contributed by atoms with van der Waals surface area (Å²) in [6, 6.07) is 6.79. The van der Waals surface area contributed by atoms with E-state index >= 15 is 0 Å². The number of pyridine rings is 2. The largest absolute Gasteiger partial charge is 0.492 e. The lowest BCUT2D eigenvalue weighted by molar-refractivity contribution is 0.262. The molecule has 138 valence electrons. The molecule has 3 rings (SSSR count). The summed E-state index contributed by atoms with van der Waals surface area (Å²) in [5, 5.41) is 5.34. The third kappa shape index (κ3) is 5.21. The van der Waals surface area contributed by atoms with Crippen LogP contribution in [0.5, 0.6) is 5.75 Å². The number of nitrogens with one attached hydrogen (secondary N) is 2. The van der Waals surface area contributed by atoms with Crippen LogP contribution in [-0.4, -0.2) is 32.6 Å². The van der Waals surface area contributed by atoms with Gasteiger partial charge in [0, 0.05) is 5.69 Å². The number of carbonyl (C=O) groups excluding carboxylic acids is 1. The summed E-state index contributed by atoms with van der Waals surface area (Å²) < 4.78 is 5.52. The Morgan fingerprint density at radius 1 is 1.00 bits per heavy atom. The molecular weight excluding hydrogens is 344 g/mol. The van der Waals surface area contributed by atoms with E-state index in [1.54, 1.807) is 30.7 Å². The minimum Gasteiger partial charge on any atom is -0.492 e. The lowest BCUT2D eigenvalue weighted by Crippen LogP contribution is -2.20. The Bertz CT molecular complexity index is 897. The molecule has 0 aliphatic carbocycles. The van der Waals surface area contributed by atoms with Crippen molar-refractivity contribution >= 4 is 17.5 Å². The van der Waals surface area contributed by atoms with E-state index in [9.17, 15) is 4.79 Å².